The molecular weight excluding hydrogens is 363 g/mol. The van der Waals surface area contributed by atoms with Gasteiger partial charge in [-0.15, -0.1) is 36.2 Å². The van der Waals surface area contributed by atoms with Crippen molar-refractivity contribution in [2.24, 2.45) is 0 Å². The first-order valence-corrected chi connectivity index (χ1v) is 9.58. The van der Waals surface area contributed by atoms with Crippen molar-refractivity contribution in [3.63, 3.8) is 0 Å². The van der Waals surface area contributed by atoms with Crippen LogP contribution in [0.3, 0.4) is 0 Å². The second kappa shape index (κ2) is 11.7. The summed E-state index contributed by atoms with van der Waals surface area (Å²) in [6.07, 6.45) is 8.43. The highest BCUT2D eigenvalue weighted by Crippen LogP contribution is 2.31. The Balaban J connectivity index is 0.00000176. The molecule has 2 N–H and O–H groups in total. The van der Waals surface area contributed by atoms with E-state index in [2.05, 4.69) is 23.6 Å². The zero-order valence-corrected chi connectivity index (χ0v) is 17.6. The number of piperidine rings is 2. The van der Waals surface area contributed by atoms with Crippen LogP contribution in [0.1, 0.15) is 59.4 Å². The van der Waals surface area contributed by atoms with Gasteiger partial charge in [0.25, 0.3) is 0 Å². The number of hydrogen-bond donors (Lipinski definition) is 0. The molecule has 0 saturated carbocycles. The van der Waals surface area contributed by atoms with Gasteiger partial charge in [-0.1, -0.05) is 12.8 Å². The molecule has 2 aliphatic rings. The number of aryl methyl sites for hydroxylation is 2. The summed E-state index contributed by atoms with van der Waals surface area (Å²) in [5.74, 6) is 0. The van der Waals surface area contributed by atoms with Gasteiger partial charge in [-0.05, 0) is 76.8 Å². The van der Waals surface area contributed by atoms with Crippen LogP contribution in [0.5, 0.6) is 0 Å². The highest BCUT2D eigenvalue weighted by Gasteiger charge is 2.20. The number of nitrogens with zero attached hydrogens (tertiary/aromatic N) is 2. The fourth-order valence-electron chi connectivity index (χ4n) is 3.87. The van der Waals surface area contributed by atoms with Crippen molar-refractivity contribution >= 4 is 36.2 Å². The average molecular weight is 397 g/mol. The average Bonchev–Trinajstić information content (AvgIpc) is 2.76. The zero-order valence-electron chi connectivity index (χ0n) is 15.1. The van der Waals surface area contributed by atoms with Crippen LogP contribution >= 0.6 is 36.2 Å². The van der Waals surface area contributed by atoms with Gasteiger partial charge in [-0.2, -0.15) is 0 Å². The highest BCUT2D eigenvalue weighted by atomic mass is 35.5. The Hall–Kier alpha value is 0.160. The van der Waals surface area contributed by atoms with Crippen LogP contribution in [-0.2, 0) is 13.1 Å². The summed E-state index contributed by atoms with van der Waals surface area (Å²) in [7, 11) is 0. The van der Waals surface area contributed by atoms with Gasteiger partial charge in [0.15, 0.2) is 0 Å². The number of thiophene rings is 1. The van der Waals surface area contributed by atoms with Crippen LogP contribution in [0.25, 0.3) is 0 Å². The lowest BCUT2D eigenvalue weighted by atomic mass is 10.0. The van der Waals surface area contributed by atoms with E-state index in [-0.39, 0.29) is 30.3 Å². The van der Waals surface area contributed by atoms with Gasteiger partial charge in [-0.25, -0.2) is 0 Å². The second-order valence-electron chi connectivity index (χ2n) is 6.85. The number of hydrogen-bond acceptors (Lipinski definition) is 3. The van der Waals surface area contributed by atoms with E-state index in [1.165, 1.54) is 77.8 Å². The van der Waals surface area contributed by atoms with Gasteiger partial charge < -0.3 is 5.48 Å². The van der Waals surface area contributed by atoms with Crippen molar-refractivity contribution in [3.8, 4) is 0 Å². The molecule has 2 aliphatic heterocycles. The minimum Gasteiger partial charge on any atom is -0.412 e. The molecule has 1 aromatic heterocycles. The van der Waals surface area contributed by atoms with Gasteiger partial charge in [0.1, 0.15) is 0 Å². The molecule has 0 spiro atoms. The van der Waals surface area contributed by atoms with Crippen LogP contribution in [-0.4, -0.2) is 41.5 Å². The Morgan fingerprint density at radius 1 is 0.667 bits per heavy atom. The first-order valence-electron chi connectivity index (χ1n) is 8.76. The predicted molar refractivity (Wildman–Crippen MR) is 110 cm³/mol. The molecule has 142 valence electrons. The van der Waals surface area contributed by atoms with Crippen molar-refractivity contribution in [3.05, 3.63) is 20.9 Å². The number of rotatable bonds is 4. The number of halogens is 2. The summed E-state index contributed by atoms with van der Waals surface area (Å²) in [6, 6.07) is 0. The fraction of sp³-hybridized carbons (Fsp3) is 0.778. The van der Waals surface area contributed by atoms with E-state index in [1.807, 2.05) is 11.3 Å². The molecule has 2 saturated heterocycles. The van der Waals surface area contributed by atoms with Gasteiger partial charge >= 0.3 is 0 Å². The zero-order chi connectivity index (χ0) is 14.7. The first kappa shape index (κ1) is 24.2. The van der Waals surface area contributed by atoms with Crippen LogP contribution in [0.4, 0.5) is 0 Å². The van der Waals surface area contributed by atoms with Gasteiger partial charge in [0, 0.05) is 22.8 Å². The van der Waals surface area contributed by atoms with Gasteiger partial charge in [0.05, 0.1) is 0 Å². The molecule has 24 heavy (non-hydrogen) atoms. The summed E-state index contributed by atoms with van der Waals surface area (Å²) in [5.41, 5.74) is 3.31. The molecule has 0 bridgehead atoms. The third-order valence-electron chi connectivity index (χ3n) is 5.18. The van der Waals surface area contributed by atoms with Crippen molar-refractivity contribution in [1.29, 1.82) is 0 Å². The molecule has 1 aromatic rings. The van der Waals surface area contributed by atoms with Crippen LogP contribution in [0.2, 0.25) is 0 Å². The molecule has 3 heterocycles. The quantitative estimate of drug-likeness (QED) is 0.757. The maximum absolute atomic E-state index is 2.68. The maximum Gasteiger partial charge on any atom is 0.0248 e. The van der Waals surface area contributed by atoms with E-state index < -0.39 is 0 Å². The topological polar surface area (TPSA) is 38.0 Å². The first-order chi connectivity index (χ1) is 10.2. The minimum atomic E-state index is 0. The molecular formula is C18H34Cl2N2OS. The standard InChI is InChI=1S/C18H30N2S.2ClH.H2O/c1-15-17(13-19-9-5-3-6-10-19)18(16(2)21-15)14-20-11-7-4-8-12-20;;;/h3-14H2,1-2H3;2*1H;1H2. The van der Waals surface area contributed by atoms with Crippen LogP contribution in [0, 0.1) is 13.8 Å². The third kappa shape index (κ3) is 6.15. The molecule has 2 fully saturated rings. The highest BCUT2D eigenvalue weighted by molar-refractivity contribution is 7.12. The van der Waals surface area contributed by atoms with Crippen molar-refractivity contribution in [2.45, 2.75) is 65.5 Å². The van der Waals surface area contributed by atoms with E-state index in [4.69, 9.17) is 0 Å². The summed E-state index contributed by atoms with van der Waals surface area (Å²) >= 11 is 2.02. The normalized spacial score (nSPS) is 19.1. The maximum atomic E-state index is 2.68. The third-order valence-corrected chi connectivity index (χ3v) is 6.29. The molecule has 0 atom stereocenters. The largest absolute Gasteiger partial charge is 0.412 e. The Labute approximate surface area is 163 Å². The number of likely N-dealkylation sites (tertiary alicyclic amines) is 2. The van der Waals surface area contributed by atoms with E-state index in [0.717, 1.165) is 0 Å². The predicted octanol–water partition coefficient (Wildman–Crippen LogP) is 4.36. The van der Waals surface area contributed by atoms with E-state index in [1.54, 1.807) is 20.9 Å². The molecule has 0 radical (unpaired) electrons. The molecule has 3 rings (SSSR count). The Morgan fingerprint density at radius 2 is 1.00 bits per heavy atom. The van der Waals surface area contributed by atoms with Crippen molar-refractivity contribution < 1.29 is 5.48 Å². The molecule has 0 unspecified atom stereocenters. The van der Waals surface area contributed by atoms with Crippen molar-refractivity contribution in [1.82, 2.24) is 9.80 Å². The van der Waals surface area contributed by atoms with Gasteiger partial charge in [0.2, 0.25) is 0 Å². The Bertz CT molecular complexity index is 429. The lowest BCUT2D eigenvalue weighted by molar-refractivity contribution is 0.209. The monoisotopic (exact) mass is 396 g/mol. The lowest BCUT2D eigenvalue weighted by Gasteiger charge is -2.29. The summed E-state index contributed by atoms with van der Waals surface area (Å²) in [4.78, 5) is 8.48. The van der Waals surface area contributed by atoms with Crippen LogP contribution in [0.15, 0.2) is 0 Å². The molecule has 6 heteroatoms. The SMILES string of the molecule is Cc1sc(C)c(CN2CCCCC2)c1CN1CCCCC1.Cl.Cl.O. The molecule has 0 aliphatic carbocycles. The van der Waals surface area contributed by atoms with Crippen molar-refractivity contribution in [2.75, 3.05) is 26.2 Å². The summed E-state index contributed by atoms with van der Waals surface area (Å²) in [6.45, 7) is 12.3. The van der Waals surface area contributed by atoms with E-state index >= 15 is 0 Å². The lowest BCUT2D eigenvalue weighted by Crippen LogP contribution is -2.31. The molecule has 0 amide bonds. The van der Waals surface area contributed by atoms with E-state index in [9.17, 15) is 0 Å². The molecule has 0 aromatic carbocycles. The minimum absolute atomic E-state index is 0. The smallest absolute Gasteiger partial charge is 0.0248 e. The van der Waals surface area contributed by atoms with Gasteiger partial charge in [-0.3, -0.25) is 9.80 Å². The second-order valence-corrected chi connectivity index (χ2v) is 8.27. The molecule has 3 nitrogen and oxygen atoms in total. The fourth-order valence-corrected chi connectivity index (χ4v) is 4.95. The Morgan fingerprint density at radius 3 is 1.33 bits per heavy atom. The summed E-state index contributed by atoms with van der Waals surface area (Å²) in [5, 5.41) is 0. The van der Waals surface area contributed by atoms with Crippen LogP contribution < -0.4 is 0 Å². The summed E-state index contributed by atoms with van der Waals surface area (Å²) < 4.78 is 0. The van der Waals surface area contributed by atoms with E-state index in [0.29, 0.717) is 0 Å². The Kier molecular flexibility index (Phi) is 11.8.